The maximum atomic E-state index is 13.0. The summed E-state index contributed by atoms with van der Waals surface area (Å²) in [5.41, 5.74) is 1.60. The fraction of sp³-hybridized carbons (Fsp3) is 0.381. The molecule has 3 heterocycles. The Hall–Kier alpha value is -2.89. The van der Waals surface area contributed by atoms with Crippen molar-refractivity contribution in [3.8, 4) is 0 Å². The topological polar surface area (TPSA) is 63.1 Å². The molecular weight excluding hydrogens is 338 g/mol. The Morgan fingerprint density at radius 2 is 2.07 bits per heavy atom. The van der Waals surface area contributed by atoms with E-state index in [2.05, 4.69) is 19.9 Å². The van der Waals surface area contributed by atoms with Crippen LogP contribution >= 0.6 is 0 Å². The van der Waals surface area contributed by atoms with Gasteiger partial charge in [0.05, 0.1) is 11.2 Å². The van der Waals surface area contributed by atoms with Crippen LogP contribution in [0, 0.1) is 6.92 Å². The molecule has 6 heteroatoms. The molecule has 2 aromatic heterocycles. The molecule has 1 saturated heterocycles. The molecule has 3 aromatic rings. The lowest BCUT2D eigenvalue weighted by Gasteiger charge is -2.36. The van der Waals surface area contributed by atoms with E-state index in [1.165, 1.54) is 6.42 Å². The summed E-state index contributed by atoms with van der Waals surface area (Å²) in [6.45, 7) is 3.70. The third-order valence-electron chi connectivity index (χ3n) is 5.39. The van der Waals surface area contributed by atoms with Crippen molar-refractivity contribution in [2.75, 3.05) is 11.9 Å². The average Bonchev–Trinajstić information content (AvgIpc) is 3.11. The number of hydrogen-bond acceptors (Lipinski definition) is 3. The van der Waals surface area contributed by atoms with E-state index in [1.807, 2.05) is 54.5 Å². The summed E-state index contributed by atoms with van der Waals surface area (Å²) in [7, 11) is 0. The van der Waals surface area contributed by atoms with Gasteiger partial charge in [-0.3, -0.25) is 4.98 Å². The number of aryl methyl sites for hydroxylation is 2. The largest absolute Gasteiger partial charge is 0.335 e. The van der Waals surface area contributed by atoms with Crippen molar-refractivity contribution >= 4 is 22.6 Å². The van der Waals surface area contributed by atoms with Gasteiger partial charge in [-0.25, -0.2) is 9.78 Å². The van der Waals surface area contributed by atoms with Gasteiger partial charge in [-0.15, -0.1) is 0 Å². The van der Waals surface area contributed by atoms with E-state index < -0.39 is 0 Å². The van der Waals surface area contributed by atoms with Gasteiger partial charge in [0.1, 0.15) is 5.82 Å². The molecule has 0 aliphatic carbocycles. The monoisotopic (exact) mass is 363 g/mol. The first-order chi connectivity index (χ1) is 13.2. The Balaban J connectivity index is 1.47. The molecule has 0 radical (unpaired) electrons. The van der Waals surface area contributed by atoms with Crippen LogP contribution in [0.2, 0.25) is 0 Å². The Labute approximate surface area is 159 Å². The van der Waals surface area contributed by atoms with E-state index >= 15 is 0 Å². The van der Waals surface area contributed by atoms with Crippen LogP contribution in [-0.4, -0.2) is 38.1 Å². The third-order valence-corrected chi connectivity index (χ3v) is 5.39. The molecular formula is C21H25N5O. The van der Waals surface area contributed by atoms with E-state index in [1.54, 1.807) is 6.20 Å². The molecule has 0 saturated carbocycles. The molecule has 1 aliphatic heterocycles. The number of carbonyl (C=O) groups excluding carboxylic acids is 1. The van der Waals surface area contributed by atoms with E-state index in [9.17, 15) is 4.79 Å². The molecule has 2 amide bonds. The summed E-state index contributed by atoms with van der Waals surface area (Å²) >= 11 is 0. The van der Waals surface area contributed by atoms with Crippen molar-refractivity contribution in [3.05, 3.63) is 54.7 Å². The van der Waals surface area contributed by atoms with Crippen molar-refractivity contribution in [2.24, 2.45) is 0 Å². The number of para-hydroxylation sites is 1. The number of benzene rings is 1. The number of nitrogens with one attached hydrogen (secondary N) is 1. The van der Waals surface area contributed by atoms with Crippen molar-refractivity contribution in [2.45, 2.75) is 45.2 Å². The fourth-order valence-corrected chi connectivity index (χ4v) is 3.89. The first-order valence-electron chi connectivity index (χ1n) is 9.61. The van der Waals surface area contributed by atoms with Gasteiger partial charge in [0.2, 0.25) is 0 Å². The van der Waals surface area contributed by atoms with Crippen LogP contribution in [0.4, 0.5) is 10.5 Å². The predicted molar refractivity (Wildman–Crippen MR) is 107 cm³/mol. The normalized spacial score (nSPS) is 17.2. The zero-order chi connectivity index (χ0) is 18.6. The molecule has 4 rings (SSSR count). The van der Waals surface area contributed by atoms with Gasteiger partial charge in [-0.05, 0) is 44.7 Å². The van der Waals surface area contributed by atoms with Gasteiger partial charge in [0, 0.05) is 43.1 Å². The number of anilines is 1. The van der Waals surface area contributed by atoms with Crippen LogP contribution in [0.25, 0.3) is 10.9 Å². The van der Waals surface area contributed by atoms with Gasteiger partial charge < -0.3 is 14.8 Å². The lowest BCUT2D eigenvalue weighted by molar-refractivity contribution is 0.155. The van der Waals surface area contributed by atoms with E-state index in [4.69, 9.17) is 0 Å². The van der Waals surface area contributed by atoms with Gasteiger partial charge in [0.15, 0.2) is 0 Å². The number of imidazole rings is 1. The SMILES string of the molecule is Cc1nccn1CCC1CCCCN1C(=O)Nc1cccc2cccnc12. The van der Waals surface area contributed by atoms with Gasteiger partial charge in [-0.1, -0.05) is 18.2 Å². The third kappa shape index (κ3) is 3.79. The first-order valence-corrected chi connectivity index (χ1v) is 9.61. The summed E-state index contributed by atoms with van der Waals surface area (Å²) in [6, 6.07) is 10.0. The smallest absolute Gasteiger partial charge is 0.322 e. The van der Waals surface area contributed by atoms with Crippen molar-refractivity contribution in [1.82, 2.24) is 19.4 Å². The van der Waals surface area contributed by atoms with Crippen LogP contribution in [0.15, 0.2) is 48.9 Å². The number of likely N-dealkylation sites (tertiary alicyclic amines) is 1. The second-order valence-electron chi connectivity index (χ2n) is 7.11. The second-order valence-corrected chi connectivity index (χ2v) is 7.11. The second kappa shape index (κ2) is 7.78. The number of piperidine rings is 1. The highest BCUT2D eigenvalue weighted by Crippen LogP contribution is 2.24. The minimum Gasteiger partial charge on any atom is -0.335 e. The molecule has 1 atom stereocenters. The Kier molecular flexibility index (Phi) is 5.05. The number of rotatable bonds is 4. The molecule has 1 fully saturated rings. The zero-order valence-corrected chi connectivity index (χ0v) is 15.6. The van der Waals surface area contributed by atoms with Gasteiger partial charge in [-0.2, -0.15) is 0 Å². The van der Waals surface area contributed by atoms with Crippen LogP contribution in [0.1, 0.15) is 31.5 Å². The lowest BCUT2D eigenvalue weighted by atomic mass is 9.99. The quantitative estimate of drug-likeness (QED) is 0.755. The maximum Gasteiger partial charge on any atom is 0.322 e. The van der Waals surface area contributed by atoms with Crippen LogP contribution in [0.5, 0.6) is 0 Å². The number of aromatic nitrogens is 3. The number of amides is 2. The molecule has 0 bridgehead atoms. The molecule has 1 N–H and O–H groups in total. The number of hydrogen-bond donors (Lipinski definition) is 1. The summed E-state index contributed by atoms with van der Waals surface area (Å²) in [5.74, 6) is 1.02. The average molecular weight is 363 g/mol. The van der Waals surface area contributed by atoms with E-state index in [-0.39, 0.29) is 12.1 Å². The summed E-state index contributed by atoms with van der Waals surface area (Å²) in [5, 5.41) is 4.12. The van der Waals surface area contributed by atoms with Crippen LogP contribution < -0.4 is 5.32 Å². The van der Waals surface area contributed by atoms with Crippen molar-refractivity contribution in [1.29, 1.82) is 0 Å². The highest BCUT2D eigenvalue weighted by molar-refractivity contribution is 5.99. The van der Waals surface area contributed by atoms with Crippen molar-refractivity contribution in [3.63, 3.8) is 0 Å². The Morgan fingerprint density at radius 3 is 2.93 bits per heavy atom. The molecule has 6 nitrogen and oxygen atoms in total. The molecule has 1 unspecified atom stereocenters. The molecule has 1 aromatic carbocycles. The summed E-state index contributed by atoms with van der Waals surface area (Å²) in [4.78, 5) is 23.7. The fourth-order valence-electron chi connectivity index (χ4n) is 3.89. The molecule has 0 spiro atoms. The van der Waals surface area contributed by atoms with Gasteiger partial charge in [0.25, 0.3) is 0 Å². The molecule has 1 aliphatic rings. The summed E-state index contributed by atoms with van der Waals surface area (Å²) < 4.78 is 2.15. The number of urea groups is 1. The van der Waals surface area contributed by atoms with Crippen molar-refractivity contribution < 1.29 is 4.79 Å². The maximum absolute atomic E-state index is 13.0. The van der Waals surface area contributed by atoms with Gasteiger partial charge >= 0.3 is 6.03 Å². The van der Waals surface area contributed by atoms with Crippen LogP contribution in [-0.2, 0) is 6.54 Å². The van der Waals surface area contributed by atoms with E-state index in [0.29, 0.717) is 0 Å². The standard InChI is InChI=1S/C21H25N5O/c1-16-22-12-15-25(16)14-10-18-8-2-3-13-26(18)21(27)24-19-9-4-6-17-7-5-11-23-20(17)19/h4-7,9,11-12,15,18H,2-3,8,10,13-14H2,1H3,(H,24,27). The minimum atomic E-state index is -0.0276. The predicted octanol–water partition coefficient (Wildman–Crippen LogP) is 4.22. The number of carbonyl (C=O) groups is 1. The van der Waals surface area contributed by atoms with Crippen LogP contribution in [0.3, 0.4) is 0 Å². The highest BCUT2D eigenvalue weighted by Gasteiger charge is 2.27. The number of fused-ring (bicyclic) bond motifs is 1. The number of nitrogens with zero attached hydrogens (tertiary/aromatic N) is 4. The number of pyridine rings is 1. The summed E-state index contributed by atoms with van der Waals surface area (Å²) in [6.07, 6.45) is 9.82. The molecule has 27 heavy (non-hydrogen) atoms. The zero-order valence-electron chi connectivity index (χ0n) is 15.6. The molecule has 140 valence electrons. The van der Waals surface area contributed by atoms with E-state index in [0.717, 1.165) is 54.8 Å². The Bertz CT molecular complexity index is 930. The first kappa shape index (κ1) is 17.5. The highest BCUT2D eigenvalue weighted by atomic mass is 16.2. The lowest BCUT2D eigenvalue weighted by Crippen LogP contribution is -2.46. The Morgan fingerprint density at radius 1 is 1.19 bits per heavy atom. The minimum absolute atomic E-state index is 0.0276.